The van der Waals surface area contributed by atoms with Crippen LogP contribution in [0.15, 0.2) is 0 Å². The Morgan fingerprint density at radius 3 is 2.38 bits per heavy atom. The third-order valence-electron chi connectivity index (χ3n) is 6.89. The Bertz CT molecular complexity index is 692. The minimum Gasteiger partial charge on any atom is -0.376 e. The number of ether oxygens (including phenoxy) is 1. The number of sulfonamides is 1. The van der Waals surface area contributed by atoms with Gasteiger partial charge in [-0.25, -0.2) is 13.1 Å². The summed E-state index contributed by atoms with van der Waals surface area (Å²) in [5.74, 6) is 1.29. The van der Waals surface area contributed by atoms with Crippen LogP contribution in [-0.4, -0.2) is 62.6 Å². The Labute approximate surface area is 175 Å². The van der Waals surface area contributed by atoms with Gasteiger partial charge in [0.05, 0.1) is 30.9 Å². The van der Waals surface area contributed by atoms with Crippen molar-refractivity contribution in [1.29, 1.82) is 0 Å². The van der Waals surface area contributed by atoms with Gasteiger partial charge in [0.15, 0.2) is 0 Å². The van der Waals surface area contributed by atoms with Crippen molar-refractivity contribution in [3.63, 3.8) is 0 Å². The lowest BCUT2D eigenvalue weighted by Gasteiger charge is -2.44. The molecular weight excluding hydrogens is 392 g/mol. The zero-order chi connectivity index (χ0) is 21.2. The third-order valence-corrected chi connectivity index (χ3v) is 7.62. The van der Waals surface area contributed by atoms with E-state index in [2.05, 4.69) is 18.6 Å². The number of hydrogen-bond donors (Lipinski definition) is 1. The maximum Gasteiger partial charge on any atom is 0.226 e. The lowest BCUT2D eigenvalue weighted by Crippen LogP contribution is -2.60. The quantitative estimate of drug-likeness (QED) is 0.670. The molecule has 1 aliphatic heterocycles. The molecule has 2 atom stereocenters. The monoisotopic (exact) mass is 428 g/mol. The molecule has 2 saturated carbocycles. The molecule has 8 heteroatoms. The molecule has 2 aliphatic carbocycles. The molecule has 0 aromatic carbocycles. The molecule has 29 heavy (non-hydrogen) atoms. The number of hydrogen-bond acceptors (Lipinski definition) is 5. The molecule has 3 rings (SSSR count). The van der Waals surface area contributed by atoms with Crippen LogP contribution < -0.4 is 4.72 Å². The van der Waals surface area contributed by atoms with E-state index >= 15 is 0 Å². The SMILES string of the molecule is CC(C)[C@H]1CC[C@@H](OC[C@H]2[C@@H](NS(C)(=O)=O)CCCN2C(=O)C2CC(=O)C2)CC1. The van der Waals surface area contributed by atoms with E-state index in [1.54, 1.807) is 4.90 Å². The topological polar surface area (TPSA) is 92.8 Å². The Kier molecular flexibility index (Phi) is 7.38. The fourth-order valence-electron chi connectivity index (χ4n) is 5.00. The second kappa shape index (κ2) is 9.43. The molecule has 0 aromatic heterocycles. The summed E-state index contributed by atoms with van der Waals surface area (Å²) in [5.41, 5.74) is 0. The number of carbonyl (C=O) groups is 2. The molecule has 3 aliphatic rings. The van der Waals surface area contributed by atoms with Crippen molar-refractivity contribution in [2.45, 2.75) is 83.4 Å². The number of rotatable bonds is 7. The summed E-state index contributed by atoms with van der Waals surface area (Å²) in [6.07, 6.45) is 7.74. The van der Waals surface area contributed by atoms with Crippen LogP contribution in [0.1, 0.15) is 65.2 Å². The van der Waals surface area contributed by atoms with Gasteiger partial charge in [-0.2, -0.15) is 0 Å². The van der Waals surface area contributed by atoms with Gasteiger partial charge in [0.1, 0.15) is 5.78 Å². The highest BCUT2D eigenvalue weighted by atomic mass is 32.2. The van der Waals surface area contributed by atoms with Crippen LogP contribution in [0.3, 0.4) is 0 Å². The van der Waals surface area contributed by atoms with E-state index in [1.165, 1.54) is 0 Å². The summed E-state index contributed by atoms with van der Waals surface area (Å²) in [7, 11) is -3.38. The van der Waals surface area contributed by atoms with Crippen LogP contribution >= 0.6 is 0 Å². The van der Waals surface area contributed by atoms with E-state index in [4.69, 9.17) is 4.74 Å². The summed E-state index contributed by atoms with van der Waals surface area (Å²) < 4.78 is 32.7. The van der Waals surface area contributed by atoms with Crippen LogP contribution in [0.2, 0.25) is 0 Å². The second-order valence-corrected chi connectivity index (χ2v) is 11.3. The zero-order valence-corrected chi connectivity index (χ0v) is 18.7. The Morgan fingerprint density at radius 2 is 1.83 bits per heavy atom. The third kappa shape index (κ3) is 6.01. The highest BCUT2D eigenvalue weighted by Crippen LogP contribution is 2.33. The van der Waals surface area contributed by atoms with E-state index in [0.29, 0.717) is 38.3 Å². The van der Waals surface area contributed by atoms with Crippen LogP contribution in [0, 0.1) is 17.8 Å². The van der Waals surface area contributed by atoms with Crippen molar-refractivity contribution < 1.29 is 22.7 Å². The molecular formula is C21H36N2O5S. The van der Waals surface area contributed by atoms with Gasteiger partial charge in [0.2, 0.25) is 15.9 Å². The maximum absolute atomic E-state index is 13.0. The molecule has 0 bridgehead atoms. The molecule has 0 aromatic rings. The number of ketones is 1. The number of Topliss-reactive ketones (excluding diaryl/α,β-unsaturated/α-hetero) is 1. The van der Waals surface area contributed by atoms with Crippen LogP contribution in [0.5, 0.6) is 0 Å². The summed E-state index contributed by atoms with van der Waals surface area (Å²) in [5, 5.41) is 0. The second-order valence-electron chi connectivity index (χ2n) is 9.50. The summed E-state index contributed by atoms with van der Waals surface area (Å²) >= 11 is 0. The molecule has 1 N–H and O–H groups in total. The summed E-state index contributed by atoms with van der Waals surface area (Å²) in [4.78, 5) is 26.1. The summed E-state index contributed by atoms with van der Waals surface area (Å²) in [6, 6.07) is -0.657. The zero-order valence-electron chi connectivity index (χ0n) is 17.9. The Hall–Kier alpha value is -0.990. The van der Waals surface area contributed by atoms with Gasteiger partial charge >= 0.3 is 0 Å². The van der Waals surface area contributed by atoms with Crippen LogP contribution in [-0.2, 0) is 24.3 Å². The lowest BCUT2D eigenvalue weighted by atomic mass is 9.80. The number of carbonyl (C=O) groups excluding carboxylic acids is 2. The van der Waals surface area contributed by atoms with Crippen LogP contribution in [0.25, 0.3) is 0 Å². The number of amides is 1. The molecule has 7 nitrogen and oxygen atoms in total. The maximum atomic E-state index is 13.0. The normalized spacial score (nSPS) is 31.7. The van der Waals surface area contributed by atoms with Crippen LogP contribution in [0.4, 0.5) is 0 Å². The van der Waals surface area contributed by atoms with E-state index in [0.717, 1.165) is 44.3 Å². The minimum absolute atomic E-state index is 0.0262. The highest BCUT2D eigenvalue weighted by molar-refractivity contribution is 7.88. The number of likely N-dealkylation sites (tertiary alicyclic amines) is 1. The van der Waals surface area contributed by atoms with Crippen molar-refractivity contribution in [1.82, 2.24) is 9.62 Å². The standard InChI is InChI=1S/C21H36N2O5S/c1-14(2)15-6-8-18(9-7-15)28-13-20-19(22-29(3,26)27)5-4-10-23(20)21(25)16-11-17(24)12-16/h14-16,18-20,22H,4-13H2,1-3H3/t15-,18+,19-,20-/m0/s1. The van der Waals surface area contributed by atoms with Gasteiger partial charge in [0, 0.05) is 25.4 Å². The van der Waals surface area contributed by atoms with E-state index in [-0.39, 0.29) is 35.8 Å². The average Bonchev–Trinajstić information content (AvgIpc) is 2.63. The first-order valence-corrected chi connectivity index (χ1v) is 12.9. The molecule has 1 saturated heterocycles. The predicted molar refractivity (Wildman–Crippen MR) is 111 cm³/mol. The smallest absolute Gasteiger partial charge is 0.226 e. The van der Waals surface area contributed by atoms with Gasteiger partial charge in [-0.3, -0.25) is 9.59 Å². The van der Waals surface area contributed by atoms with E-state index in [1.807, 2.05) is 0 Å². The lowest BCUT2D eigenvalue weighted by molar-refractivity contribution is -0.150. The first kappa shape index (κ1) is 22.7. The van der Waals surface area contributed by atoms with Crippen molar-refractivity contribution >= 4 is 21.7 Å². The Balaban J connectivity index is 1.64. The molecule has 0 spiro atoms. The molecule has 3 fully saturated rings. The molecule has 0 radical (unpaired) electrons. The largest absolute Gasteiger partial charge is 0.376 e. The van der Waals surface area contributed by atoms with Crippen molar-refractivity contribution in [2.24, 2.45) is 17.8 Å². The summed E-state index contributed by atoms with van der Waals surface area (Å²) in [6.45, 7) is 5.48. The average molecular weight is 429 g/mol. The number of piperidine rings is 1. The van der Waals surface area contributed by atoms with Crippen molar-refractivity contribution in [2.75, 3.05) is 19.4 Å². The van der Waals surface area contributed by atoms with Crippen molar-refractivity contribution in [3.05, 3.63) is 0 Å². The molecule has 1 amide bonds. The van der Waals surface area contributed by atoms with Gasteiger partial charge in [-0.15, -0.1) is 0 Å². The van der Waals surface area contributed by atoms with Gasteiger partial charge in [-0.05, 0) is 50.4 Å². The molecule has 1 heterocycles. The number of nitrogens with one attached hydrogen (secondary N) is 1. The first-order chi connectivity index (χ1) is 13.6. The highest BCUT2D eigenvalue weighted by Gasteiger charge is 2.42. The molecule has 0 unspecified atom stereocenters. The van der Waals surface area contributed by atoms with Gasteiger partial charge in [0.25, 0.3) is 0 Å². The molecule has 166 valence electrons. The Morgan fingerprint density at radius 1 is 1.17 bits per heavy atom. The van der Waals surface area contributed by atoms with Gasteiger partial charge in [-0.1, -0.05) is 13.8 Å². The van der Waals surface area contributed by atoms with Crippen molar-refractivity contribution in [3.8, 4) is 0 Å². The van der Waals surface area contributed by atoms with E-state index in [9.17, 15) is 18.0 Å². The fraction of sp³-hybridized carbons (Fsp3) is 0.905. The predicted octanol–water partition coefficient (Wildman–Crippen LogP) is 2.11. The van der Waals surface area contributed by atoms with E-state index < -0.39 is 10.0 Å². The number of nitrogens with zero attached hydrogens (tertiary/aromatic N) is 1. The minimum atomic E-state index is -3.38. The fourth-order valence-corrected chi connectivity index (χ4v) is 5.83. The van der Waals surface area contributed by atoms with Gasteiger partial charge < -0.3 is 9.64 Å². The first-order valence-electron chi connectivity index (χ1n) is 11.0.